The molecule has 0 aliphatic heterocycles. The second kappa shape index (κ2) is 5.74. The van der Waals surface area contributed by atoms with Gasteiger partial charge in [-0.15, -0.1) is 0 Å². The molecule has 0 aliphatic carbocycles. The van der Waals surface area contributed by atoms with Crippen LogP contribution in [0.5, 0.6) is 5.75 Å². The summed E-state index contributed by atoms with van der Waals surface area (Å²) in [5.41, 5.74) is 1.90. The average molecular weight is 266 g/mol. The van der Waals surface area contributed by atoms with Crippen LogP contribution in [-0.2, 0) is 6.54 Å². The highest BCUT2D eigenvalue weighted by Crippen LogP contribution is 2.27. The summed E-state index contributed by atoms with van der Waals surface area (Å²) < 4.78 is 17.8. The Morgan fingerprint density at radius 1 is 1.17 bits per heavy atom. The van der Waals surface area contributed by atoms with Crippen molar-refractivity contribution in [2.75, 3.05) is 12.4 Å². The second-order valence-electron chi connectivity index (χ2n) is 3.83. The van der Waals surface area contributed by atoms with Crippen molar-refractivity contribution in [3.05, 3.63) is 58.9 Å². The lowest BCUT2D eigenvalue weighted by Gasteiger charge is -2.09. The Hall–Kier alpha value is -1.74. The van der Waals surface area contributed by atoms with E-state index in [2.05, 4.69) is 5.32 Å². The van der Waals surface area contributed by atoms with Gasteiger partial charge in [-0.2, -0.15) is 0 Å². The Balaban J connectivity index is 2.02. The molecule has 0 bridgehead atoms. The van der Waals surface area contributed by atoms with E-state index >= 15 is 0 Å². The second-order valence-corrected chi connectivity index (χ2v) is 4.24. The maximum atomic E-state index is 12.7. The van der Waals surface area contributed by atoms with Gasteiger partial charge in [-0.05, 0) is 35.9 Å². The quantitative estimate of drug-likeness (QED) is 0.899. The van der Waals surface area contributed by atoms with Crippen LogP contribution >= 0.6 is 11.6 Å². The molecule has 0 fully saturated rings. The summed E-state index contributed by atoms with van der Waals surface area (Å²) in [5, 5.41) is 3.77. The lowest BCUT2D eigenvalue weighted by Crippen LogP contribution is -1.99. The number of hydrogen-bond donors (Lipinski definition) is 1. The first-order valence-corrected chi connectivity index (χ1v) is 5.88. The Bertz CT molecular complexity index is 528. The number of benzene rings is 2. The molecule has 0 aromatic heterocycles. The van der Waals surface area contributed by atoms with Gasteiger partial charge in [0.2, 0.25) is 0 Å². The average Bonchev–Trinajstić information content (AvgIpc) is 2.38. The standard InChI is InChI=1S/C14H13ClFNO/c1-18-14-7-6-12(8-13(14)15)17-9-10-2-4-11(16)5-3-10/h2-8,17H,9H2,1H3. The van der Waals surface area contributed by atoms with Crippen molar-refractivity contribution in [3.63, 3.8) is 0 Å². The minimum absolute atomic E-state index is 0.230. The number of nitrogens with one attached hydrogen (secondary N) is 1. The van der Waals surface area contributed by atoms with Crippen molar-refractivity contribution in [2.24, 2.45) is 0 Å². The summed E-state index contributed by atoms with van der Waals surface area (Å²) in [5.74, 6) is 0.412. The fourth-order valence-electron chi connectivity index (χ4n) is 1.58. The predicted octanol–water partition coefficient (Wildman–Crippen LogP) is 4.10. The SMILES string of the molecule is COc1ccc(NCc2ccc(F)cc2)cc1Cl. The van der Waals surface area contributed by atoms with E-state index in [0.29, 0.717) is 17.3 Å². The molecule has 1 N–H and O–H groups in total. The van der Waals surface area contributed by atoms with Crippen molar-refractivity contribution >= 4 is 17.3 Å². The van der Waals surface area contributed by atoms with Gasteiger partial charge in [-0.3, -0.25) is 0 Å². The van der Waals surface area contributed by atoms with Crippen LogP contribution < -0.4 is 10.1 Å². The smallest absolute Gasteiger partial charge is 0.137 e. The van der Waals surface area contributed by atoms with E-state index in [1.807, 2.05) is 6.07 Å². The van der Waals surface area contributed by atoms with Crippen LogP contribution in [0.2, 0.25) is 5.02 Å². The molecule has 2 aromatic carbocycles. The number of anilines is 1. The summed E-state index contributed by atoms with van der Waals surface area (Å²) in [6.45, 7) is 0.614. The molecule has 2 nitrogen and oxygen atoms in total. The molecule has 0 radical (unpaired) electrons. The largest absolute Gasteiger partial charge is 0.495 e. The molecule has 0 spiro atoms. The fourth-order valence-corrected chi connectivity index (χ4v) is 1.84. The third-order valence-corrected chi connectivity index (χ3v) is 2.86. The molecule has 0 saturated carbocycles. The first-order chi connectivity index (χ1) is 8.69. The Morgan fingerprint density at radius 2 is 1.89 bits per heavy atom. The van der Waals surface area contributed by atoms with Crippen LogP contribution in [0, 0.1) is 5.82 Å². The van der Waals surface area contributed by atoms with Gasteiger partial charge >= 0.3 is 0 Å². The van der Waals surface area contributed by atoms with Gasteiger partial charge < -0.3 is 10.1 Å². The zero-order chi connectivity index (χ0) is 13.0. The normalized spacial score (nSPS) is 10.2. The van der Waals surface area contributed by atoms with Crippen molar-refractivity contribution in [2.45, 2.75) is 6.54 Å². The van der Waals surface area contributed by atoms with E-state index in [1.165, 1.54) is 12.1 Å². The topological polar surface area (TPSA) is 21.3 Å². The van der Waals surface area contributed by atoms with Gasteiger partial charge in [0.05, 0.1) is 12.1 Å². The van der Waals surface area contributed by atoms with Gasteiger partial charge in [-0.25, -0.2) is 4.39 Å². The van der Waals surface area contributed by atoms with Crippen molar-refractivity contribution in [1.29, 1.82) is 0 Å². The zero-order valence-corrected chi connectivity index (χ0v) is 10.7. The molecule has 94 valence electrons. The maximum absolute atomic E-state index is 12.7. The zero-order valence-electron chi connectivity index (χ0n) is 9.91. The number of halogens is 2. The fraction of sp³-hybridized carbons (Fsp3) is 0.143. The number of ether oxygens (including phenoxy) is 1. The van der Waals surface area contributed by atoms with Crippen LogP contribution in [0.4, 0.5) is 10.1 Å². The summed E-state index contributed by atoms with van der Waals surface area (Å²) in [6, 6.07) is 11.9. The number of rotatable bonds is 4. The minimum atomic E-state index is -0.230. The number of hydrogen-bond acceptors (Lipinski definition) is 2. The highest BCUT2D eigenvalue weighted by molar-refractivity contribution is 6.32. The van der Waals surface area contributed by atoms with Crippen LogP contribution in [0.15, 0.2) is 42.5 Å². The maximum Gasteiger partial charge on any atom is 0.137 e. The number of methoxy groups -OCH3 is 1. The summed E-state index contributed by atoms with van der Waals surface area (Å²) in [6.07, 6.45) is 0. The van der Waals surface area contributed by atoms with Crippen molar-refractivity contribution < 1.29 is 9.13 Å². The molecule has 0 unspecified atom stereocenters. The van der Waals surface area contributed by atoms with Crippen LogP contribution in [-0.4, -0.2) is 7.11 Å². The highest BCUT2D eigenvalue weighted by Gasteiger charge is 2.01. The van der Waals surface area contributed by atoms with Crippen LogP contribution in [0.25, 0.3) is 0 Å². The first kappa shape index (κ1) is 12.7. The van der Waals surface area contributed by atoms with Crippen molar-refractivity contribution in [3.8, 4) is 5.75 Å². The third kappa shape index (κ3) is 3.14. The van der Waals surface area contributed by atoms with Gasteiger partial charge in [0.25, 0.3) is 0 Å². The third-order valence-electron chi connectivity index (χ3n) is 2.56. The van der Waals surface area contributed by atoms with E-state index in [0.717, 1.165) is 11.3 Å². The lowest BCUT2D eigenvalue weighted by molar-refractivity contribution is 0.415. The summed E-state index contributed by atoms with van der Waals surface area (Å²) in [7, 11) is 1.58. The molecular weight excluding hydrogens is 253 g/mol. The summed E-state index contributed by atoms with van der Waals surface area (Å²) >= 11 is 6.02. The van der Waals surface area contributed by atoms with Gasteiger partial charge in [0.15, 0.2) is 0 Å². The minimum Gasteiger partial charge on any atom is -0.495 e. The molecule has 0 aliphatic rings. The van der Waals surface area contributed by atoms with E-state index in [-0.39, 0.29) is 5.82 Å². The molecule has 0 heterocycles. The van der Waals surface area contributed by atoms with E-state index in [4.69, 9.17) is 16.3 Å². The van der Waals surface area contributed by atoms with Crippen LogP contribution in [0.1, 0.15) is 5.56 Å². The molecular formula is C14H13ClFNO. The molecule has 0 amide bonds. The van der Waals surface area contributed by atoms with Gasteiger partial charge in [0, 0.05) is 12.2 Å². The molecule has 0 atom stereocenters. The van der Waals surface area contributed by atoms with E-state index in [1.54, 1.807) is 31.4 Å². The monoisotopic (exact) mass is 265 g/mol. The van der Waals surface area contributed by atoms with E-state index < -0.39 is 0 Å². The molecule has 2 aromatic rings. The molecule has 2 rings (SSSR count). The predicted molar refractivity (Wildman–Crippen MR) is 71.7 cm³/mol. The van der Waals surface area contributed by atoms with Gasteiger partial charge in [0.1, 0.15) is 11.6 Å². The van der Waals surface area contributed by atoms with Crippen LogP contribution in [0.3, 0.4) is 0 Å². The van der Waals surface area contributed by atoms with Crippen molar-refractivity contribution in [1.82, 2.24) is 0 Å². The molecule has 4 heteroatoms. The molecule has 0 saturated heterocycles. The van der Waals surface area contributed by atoms with Gasteiger partial charge in [-0.1, -0.05) is 23.7 Å². The highest BCUT2D eigenvalue weighted by atomic mass is 35.5. The lowest BCUT2D eigenvalue weighted by atomic mass is 10.2. The first-order valence-electron chi connectivity index (χ1n) is 5.51. The Morgan fingerprint density at radius 3 is 2.50 bits per heavy atom. The summed E-state index contributed by atoms with van der Waals surface area (Å²) in [4.78, 5) is 0. The molecule has 18 heavy (non-hydrogen) atoms. The Kier molecular flexibility index (Phi) is 4.05. The van der Waals surface area contributed by atoms with E-state index in [9.17, 15) is 4.39 Å². The Labute approximate surface area is 110 Å².